The van der Waals surface area contributed by atoms with Gasteiger partial charge in [-0.25, -0.2) is 0 Å². The van der Waals surface area contributed by atoms with E-state index in [1.54, 1.807) is 7.11 Å². The molecule has 1 nitrogen and oxygen atoms in total. The van der Waals surface area contributed by atoms with E-state index in [9.17, 15) is 0 Å². The smallest absolute Gasteiger partial charge is 0.0927 e. The van der Waals surface area contributed by atoms with Gasteiger partial charge in [-0.3, -0.25) is 0 Å². The molecule has 52 valence electrons. The molecule has 0 aromatic heterocycles. The van der Waals surface area contributed by atoms with Gasteiger partial charge in [0, 0.05) is 0 Å². The van der Waals surface area contributed by atoms with Gasteiger partial charge in [0.25, 0.3) is 0 Å². The number of hydrogen-bond acceptors (Lipinski definition) is 1. The summed E-state index contributed by atoms with van der Waals surface area (Å²) in [6.07, 6.45) is 2.93. The zero-order valence-corrected chi connectivity index (χ0v) is 6.40. The van der Waals surface area contributed by atoms with Crippen LogP contribution in [0.15, 0.2) is 24.0 Å². The molecule has 0 N–H and O–H groups in total. The van der Waals surface area contributed by atoms with Crippen molar-refractivity contribution >= 4 is 0 Å². The van der Waals surface area contributed by atoms with Gasteiger partial charge in [-0.15, -0.1) is 0 Å². The lowest BCUT2D eigenvalue weighted by molar-refractivity contribution is 0.293. The van der Waals surface area contributed by atoms with E-state index in [-0.39, 0.29) is 0 Å². The van der Waals surface area contributed by atoms with Gasteiger partial charge in [-0.1, -0.05) is 19.1 Å². The third-order valence-corrected chi connectivity index (χ3v) is 1.18. The quantitative estimate of drug-likeness (QED) is 0.417. The monoisotopic (exact) mass is 126 g/mol. The first-order valence-corrected chi connectivity index (χ1v) is 3.10. The predicted molar refractivity (Wildman–Crippen MR) is 40.2 cm³/mol. The van der Waals surface area contributed by atoms with Crippen molar-refractivity contribution in [3.63, 3.8) is 0 Å². The number of methoxy groups -OCH3 is 1. The van der Waals surface area contributed by atoms with Crippen LogP contribution in [0.1, 0.15) is 20.3 Å². The van der Waals surface area contributed by atoms with Gasteiger partial charge in [0.15, 0.2) is 0 Å². The highest BCUT2D eigenvalue weighted by Crippen LogP contribution is 2.02. The van der Waals surface area contributed by atoms with Crippen molar-refractivity contribution in [2.45, 2.75) is 20.3 Å². The van der Waals surface area contributed by atoms with Crippen LogP contribution in [0.2, 0.25) is 0 Å². The Morgan fingerprint density at radius 1 is 1.67 bits per heavy atom. The fraction of sp³-hybridized carbons (Fsp3) is 0.500. The van der Waals surface area contributed by atoms with E-state index >= 15 is 0 Å². The van der Waals surface area contributed by atoms with Gasteiger partial charge < -0.3 is 4.74 Å². The van der Waals surface area contributed by atoms with Crippen molar-refractivity contribution in [1.82, 2.24) is 0 Å². The van der Waals surface area contributed by atoms with Gasteiger partial charge in [0.1, 0.15) is 0 Å². The Kier molecular flexibility index (Phi) is 3.85. The van der Waals surface area contributed by atoms with E-state index in [0.717, 1.165) is 17.8 Å². The lowest BCUT2D eigenvalue weighted by Crippen LogP contribution is -1.80. The zero-order valence-electron chi connectivity index (χ0n) is 6.40. The number of hydrogen-bond donors (Lipinski definition) is 0. The van der Waals surface area contributed by atoms with Crippen molar-refractivity contribution in [1.29, 1.82) is 0 Å². The van der Waals surface area contributed by atoms with Gasteiger partial charge in [-0.05, 0) is 19.4 Å². The Labute approximate surface area is 57.0 Å². The molecule has 0 aromatic carbocycles. The third-order valence-electron chi connectivity index (χ3n) is 1.18. The number of allylic oxidation sites excluding steroid dienone is 3. The van der Waals surface area contributed by atoms with E-state index < -0.39 is 0 Å². The summed E-state index contributed by atoms with van der Waals surface area (Å²) in [6, 6.07) is 0. The Hall–Kier alpha value is -0.720. The van der Waals surface area contributed by atoms with Crippen molar-refractivity contribution in [3.8, 4) is 0 Å². The van der Waals surface area contributed by atoms with E-state index in [1.807, 2.05) is 13.0 Å². The van der Waals surface area contributed by atoms with Crippen LogP contribution in [-0.4, -0.2) is 7.11 Å². The minimum atomic E-state index is 0.918. The largest absolute Gasteiger partial charge is 0.501 e. The van der Waals surface area contributed by atoms with Crippen LogP contribution >= 0.6 is 0 Å². The second-order valence-electron chi connectivity index (χ2n) is 1.97. The molecule has 0 radical (unpaired) electrons. The van der Waals surface area contributed by atoms with Gasteiger partial charge in [0.2, 0.25) is 0 Å². The minimum Gasteiger partial charge on any atom is -0.501 e. The molecule has 0 spiro atoms. The molecule has 0 fully saturated rings. The molecule has 9 heavy (non-hydrogen) atoms. The lowest BCUT2D eigenvalue weighted by Gasteiger charge is -1.98. The summed E-state index contributed by atoms with van der Waals surface area (Å²) < 4.78 is 4.92. The third kappa shape index (κ3) is 3.83. The normalized spacial score (nSPS) is 11.2. The molecule has 0 amide bonds. The van der Waals surface area contributed by atoms with Gasteiger partial charge in [-0.2, -0.15) is 0 Å². The molecule has 0 aliphatic heterocycles. The Morgan fingerprint density at radius 3 is 2.56 bits per heavy atom. The van der Waals surface area contributed by atoms with E-state index in [2.05, 4.69) is 13.5 Å². The second-order valence-corrected chi connectivity index (χ2v) is 1.97. The first kappa shape index (κ1) is 8.28. The Balaban J connectivity index is 3.79. The summed E-state index contributed by atoms with van der Waals surface area (Å²) in [6.45, 7) is 7.79. The molecule has 0 bridgehead atoms. The van der Waals surface area contributed by atoms with E-state index in [0.29, 0.717) is 0 Å². The van der Waals surface area contributed by atoms with E-state index in [1.165, 1.54) is 0 Å². The molecule has 0 unspecified atom stereocenters. The molecule has 0 rings (SSSR count). The van der Waals surface area contributed by atoms with E-state index in [4.69, 9.17) is 4.74 Å². The Bertz CT molecular complexity index is 123. The van der Waals surface area contributed by atoms with Crippen LogP contribution in [0.4, 0.5) is 0 Å². The minimum absolute atomic E-state index is 0.918. The zero-order chi connectivity index (χ0) is 7.28. The molecule has 1 heteroatoms. The molecule has 0 saturated heterocycles. The van der Waals surface area contributed by atoms with Crippen molar-refractivity contribution in [2.75, 3.05) is 7.11 Å². The fourth-order valence-corrected chi connectivity index (χ4v) is 0.448. The number of ether oxygens (including phenoxy) is 1. The molecule has 0 heterocycles. The summed E-state index contributed by atoms with van der Waals surface area (Å²) in [5, 5.41) is 0. The Morgan fingerprint density at radius 2 is 2.22 bits per heavy atom. The average molecular weight is 126 g/mol. The highest BCUT2D eigenvalue weighted by Gasteiger charge is 1.85. The lowest BCUT2D eigenvalue weighted by atomic mass is 10.2. The number of rotatable bonds is 3. The van der Waals surface area contributed by atoms with Crippen LogP contribution in [0, 0.1) is 0 Å². The molecule has 0 aliphatic carbocycles. The van der Waals surface area contributed by atoms with Crippen LogP contribution < -0.4 is 0 Å². The maximum atomic E-state index is 4.92. The molecule has 0 aromatic rings. The van der Waals surface area contributed by atoms with Crippen molar-refractivity contribution in [2.24, 2.45) is 0 Å². The standard InChI is InChI=1S/C8H14O/c1-5-7(2)6-8(3)9-4/h6H,2,5H2,1,3-4H3. The first-order chi connectivity index (χ1) is 4.20. The van der Waals surface area contributed by atoms with Crippen molar-refractivity contribution < 1.29 is 4.74 Å². The molecular weight excluding hydrogens is 112 g/mol. The SMILES string of the molecule is C=C(C=C(C)OC)CC. The van der Waals surface area contributed by atoms with Crippen LogP contribution in [0.25, 0.3) is 0 Å². The molecular formula is C8H14O. The van der Waals surface area contributed by atoms with Crippen LogP contribution in [0.3, 0.4) is 0 Å². The fourth-order valence-electron chi connectivity index (χ4n) is 0.448. The van der Waals surface area contributed by atoms with Crippen molar-refractivity contribution in [3.05, 3.63) is 24.0 Å². The average Bonchev–Trinajstić information content (AvgIpc) is 1.87. The van der Waals surface area contributed by atoms with Gasteiger partial charge >= 0.3 is 0 Å². The highest BCUT2D eigenvalue weighted by atomic mass is 16.5. The molecule has 0 atom stereocenters. The van der Waals surface area contributed by atoms with Gasteiger partial charge in [0.05, 0.1) is 12.9 Å². The highest BCUT2D eigenvalue weighted by molar-refractivity contribution is 5.15. The summed E-state index contributed by atoms with van der Waals surface area (Å²) in [4.78, 5) is 0. The summed E-state index contributed by atoms with van der Waals surface area (Å²) in [5.74, 6) is 0.918. The van der Waals surface area contributed by atoms with Crippen LogP contribution in [-0.2, 0) is 4.74 Å². The summed E-state index contributed by atoms with van der Waals surface area (Å²) in [7, 11) is 1.66. The summed E-state index contributed by atoms with van der Waals surface area (Å²) >= 11 is 0. The topological polar surface area (TPSA) is 9.23 Å². The molecule has 0 saturated carbocycles. The van der Waals surface area contributed by atoms with Crippen LogP contribution in [0.5, 0.6) is 0 Å². The maximum Gasteiger partial charge on any atom is 0.0927 e. The maximum absolute atomic E-state index is 4.92. The predicted octanol–water partition coefficient (Wildman–Crippen LogP) is 2.50. The first-order valence-electron chi connectivity index (χ1n) is 3.10. The molecule has 0 aliphatic rings. The summed E-state index contributed by atoms with van der Waals surface area (Å²) in [5.41, 5.74) is 1.11. The second kappa shape index (κ2) is 4.19.